The van der Waals surface area contributed by atoms with Crippen LogP contribution in [-0.2, 0) is 6.42 Å². The zero-order valence-electron chi connectivity index (χ0n) is 11.7. The summed E-state index contributed by atoms with van der Waals surface area (Å²) in [5.74, 6) is 7.07. The molecule has 1 aromatic heterocycles. The molecule has 1 atom stereocenters. The van der Waals surface area contributed by atoms with Crippen LogP contribution >= 0.6 is 0 Å². The number of aliphatic hydroxyl groups excluding tert-OH is 1. The summed E-state index contributed by atoms with van der Waals surface area (Å²) in [6.07, 6.45) is 4.97. The Morgan fingerprint density at radius 2 is 2.19 bits per heavy atom. The lowest BCUT2D eigenvalue weighted by molar-refractivity contribution is 0.274. The van der Waals surface area contributed by atoms with Gasteiger partial charge < -0.3 is 9.84 Å². The van der Waals surface area contributed by atoms with Crippen molar-refractivity contribution in [2.24, 2.45) is 0 Å². The van der Waals surface area contributed by atoms with Crippen LogP contribution in [-0.4, -0.2) is 23.3 Å². The van der Waals surface area contributed by atoms with Gasteiger partial charge in [-0.1, -0.05) is 36.1 Å². The highest BCUT2D eigenvalue weighted by Gasteiger charge is 2.25. The number of nitrogens with zero attached hydrogens (tertiary/aromatic N) is 1. The normalized spacial score (nSPS) is 15.4. The van der Waals surface area contributed by atoms with Crippen LogP contribution in [0.2, 0.25) is 0 Å². The number of pyridine rings is 1. The quantitative estimate of drug-likeness (QED) is 0.875. The molecule has 1 heterocycles. The van der Waals surface area contributed by atoms with Gasteiger partial charge in [0.2, 0.25) is 0 Å². The van der Waals surface area contributed by atoms with Gasteiger partial charge in [-0.15, -0.1) is 0 Å². The second kappa shape index (κ2) is 6.43. The Balaban J connectivity index is 1.60. The third kappa shape index (κ3) is 3.24. The summed E-state index contributed by atoms with van der Waals surface area (Å²) in [5.41, 5.74) is 3.63. The lowest BCUT2D eigenvalue weighted by Crippen LogP contribution is -2.23. The summed E-state index contributed by atoms with van der Waals surface area (Å²) in [4.78, 5) is 4.14. The number of fused-ring (bicyclic) bond motifs is 1. The monoisotopic (exact) mass is 279 g/mol. The molecule has 1 unspecified atom stereocenters. The van der Waals surface area contributed by atoms with Gasteiger partial charge in [-0.3, -0.25) is 4.98 Å². The molecule has 106 valence electrons. The standard InChI is InChI=1S/C18H17NO2/c20-8-4-3-5-14-9-17(12-19-11-14)21-13-16-10-15-6-1-2-7-18(15)16/h1-2,6-7,9,11-12,16,20H,4,8,10,13H2. The number of aliphatic hydroxyl groups is 1. The van der Waals surface area contributed by atoms with Gasteiger partial charge in [0, 0.05) is 24.1 Å². The van der Waals surface area contributed by atoms with Crippen LogP contribution in [0.5, 0.6) is 5.75 Å². The first-order valence-electron chi connectivity index (χ1n) is 7.12. The lowest BCUT2D eigenvalue weighted by Gasteiger charge is -2.29. The molecule has 3 heteroatoms. The summed E-state index contributed by atoms with van der Waals surface area (Å²) in [7, 11) is 0. The van der Waals surface area contributed by atoms with Crippen LogP contribution in [0.15, 0.2) is 42.7 Å². The molecule has 0 aliphatic heterocycles. The van der Waals surface area contributed by atoms with E-state index in [0.29, 0.717) is 18.9 Å². The molecular weight excluding hydrogens is 262 g/mol. The number of aromatic nitrogens is 1. The molecule has 1 N–H and O–H groups in total. The predicted molar refractivity (Wildman–Crippen MR) is 81.2 cm³/mol. The second-order valence-electron chi connectivity index (χ2n) is 5.10. The maximum Gasteiger partial charge on any atom is 0.138 e. The van der Waals surface area contributed by atoms with Gasteiger partial charge in [-0.2, -0.15) is 0 Å². The summed E-state index contributed by atoms with van der Waals surface area (Å²) >= 11 is 0. The van der Waals surface area contributed by atoms with E-state index in [-0.39, 0.29) is 6.61 Å². The van der Waals surface area contributed by atoms with E-state index in [0.717, 1.165) is 17.7 Å². The van der Waals surface area contributed by atoms with Gasteiger partial charge in [0.05, 0.1) is 19.4 Å². The van der Waals surface area contributed by atoms with Crippen molar-refractivity contribution in [3.8, 4) is 17.6 Å². The first-order valence-corrected chi connectivity index (χ1v) is 7.12. The van der Waals surface area contributed by atoms with E-state index >= 15 is 0 Å². The number of ether oxygens (including phenoxy) is 1. The number of hydrogen-bond donors (Lipinski definition) is 1. The van der Waals surface area contributed by atoms with E-state index in [1.165, 1.54) is 11.1 Å². The molecule has 0 saturated heterocycles. The molecule has 0 fully saturated rings. The Hall–Kier alpha value is -2.31. The predicted octanol–water partition coefficient (Wildman–Crippen LogP) is 2.53. The maximum atomic E-state index is 8.72. The summed E-state index contributed by atoms with van der Waals surface area (Å²) in [5, 5.41) is 8.72. The Bertz CT molecular complexity index is 685. The molecule has 1 aliphatic rings. The second-order valence-corrected chi connectivity index (χ2v) is 5.10. The number of benzene rings is 1. The minimum absolute atomic E-state index is 0.0811. The molecule has 1 aliphatic carbocycles. The fraction of sp³-hybridized carbons (Fsp3) is 0.278. The average Bonchev–Trinajstić information content (AvgIpc) is 2.49. The van der Waals surface area contributed by atoms with E-state index < -0.39 is 0 Å². The van der Waals surface area contributed by atoms with Crippen LogP contribution in [0.25, 0.3) is 0 Å². The van der Waals surface area contributed by atoms with Crippen molar-refractivity contribution in [3.05, 3.63) is 59.4 Å². The third-order valence-corrected chi connectivity index (χ3v) is 3.60. The zero-order chi connectivity index (χ0) is 14.5. The van der Waals surface area contributed by atoms with Crippen molar-refractivity contribution in [1.29, 1.82) is 0 Å². The summed E-state index contributed by atoms with van der Waals surface area (Å²) < 4.78 is 5.83. The van der Waals surface area contributed by atoms with E-state index in [4.69, 9.17) is 9.84 Å². The highest BCUT2D eigenvalue weighted by atomic mass is 16.5. The summed E-state index contributed by atoms with van der Waals surface area (Å²) in [6.45, 7) is 0.754. The Labute approximate surface area is 124 Å². The third-order valence-electron chi connectivity index (χ3n) is 3.60. The molecule has 0 spiro atoms. The molecular formula is C18H17NO2. The van der Waals surface area contributed by atoms with Crippen molar-refractivity contribution in [2.45, 2.75) is 18.8 Å². The van der Waals surface area contributed by atoms with Crippen LogP contribution < -0.4 is 4.74 Å². The van der Waals surface area contributed by atoms with Gasteiger partial charge in [-0.25, -0.2) is 0 Å². The topological polar surface area (TPSA) is 42.4 Å². The number of rotatable bonds is 4. The molecule has 2 aromatic rings. The maximum absolute atomic E-state index is 8.72. The Kier molecular flexibility index (Phi) is 4.18. The van der Waals surface area contributed by atoms with Gasteiger partial charge in [-0.05, 0) is 23.6 Å². The zero-order valence-corrected chi connectivity index (χ0v) is 11.7. The number of hydrogen-bond acceptors (Lipinski definition) is 3. The Morgan fingerprint density at radius 1 is 1.29 bits per heavy atom. The SMILES string of the molecule is OCCC#Cc1cncc(OCC2Cc3ccccc32)c1. The van der Waals surface area contributed by atoms with Crippen molar-refractivity contribution >= 4 is 0 Å². The fourth-order valence-corrected chi connectivity index (χ4v) is 2.49. The fourth-order valence-electron chi connectivity index (χ4n) is 2.49. The van der Waals surface area contributed by atoms with E-state index in [2.05, 4.69) is 41.1 Å². The van der Waals surface area contributed by atoms with Crippen LogP contribution in [0.4, 0.5) is 0 Å². The largest absolute Gasteiger partial charge is 0.491 e. The molecule has 0 saturated carbocycles. The van der Waals surface area contributed by atoms with Gasteiger partial charge in [0.1, 0.15) is 5.75 Å². The van der Waals surface area contributed by atoms with Crippen molar-refractivity contribution < 1.29 is 9.84 Å². The molecule has 3 nitrogen and oxygen atoms in total. The smallest absolute Gasteiger partial charge is 0.138 e. The van der Waals surface area contributed by atoms with E-state index in [1.807, 2.05) is 6.07 Å². The minimum Gasteiger partial charge on any atom is -0.491 e. The molecule has 1 aromatic carbocycles. The van der Waals surface area contributed by atoms with Gasteiger partial charge >= 0.3 is 0 Å². The van der Waals surface area contributed by atoms with E-state index in [1.54, 1.807) is 12.4 Å². The minimum atomic E-state index is 0.0811. The first-order chi connectivity index (χ1) is 10.4. The molecule has 21 heavy (non-hydrogen) atoms. The van der Waals surface area contributed by atoms with Crippen LogP contribution in [0.3, 0.4) is 0 Å². The van der Waals surface area contributed by atoms with Gasteiger partial charge in [0.25, 0.3) is 0 Å². The van der Waals surface area contributed by atoms with Crippen LogP contribution in [0, 0.1) is 11.8 Å². The summed E-state index contributed by atoms with van der Waals surface area (Å²) in [6, 6.07) is 10.4. The Morgan fingerprint density at radius 3 is 3.05 bits per heavy atom. The van der Waals surface area contributed by atoms with Gasteiger partial charge in [0.15, 0.2) is 0 Å². The molecule has 0 radical (unpaired) electrons. The highest BCUT2D eigenvalue weighted by molar-refractivity contribution is 5.40. The van der Waals surface area contributed by atoms with Crippen molar-refractivity contribution in [3.63, 3.8) is 0 Å². The van der Waals surface area contributed by atoms with Crippen molar-refractivity contribution in [2.75, 3.05) is 13.2 Å². The molecule has 3 rings (SSSR count). The molecule has 0 bridgehead atoms. The van der Waals surface area contributed by atoms with Crippen molar-refractivity contribution in [1.82, 2.24) is 4.98 Å². The average molecular weight is 279 g/mol. The highest BCUT2D eigenvalue weighted by Crippen LogP contribution is 2.35. The molecule has 0 amide bonds. The first kappa shape index (κ1) is 13.7. The lowest BCUT2D eigenvalue weighted by atomic mass is 9.78. The van der Waals surface area contributed by atoms with Crippen LogP contribution in [0.1, 0.15) is 29.0 Å². The van der Waals surface area contributed by atoms with E-state index in [9.17, 15) is 0 Å².